The van der Waals surface area contributed by atoms with Crippen molar-refractivity contribution in [2.24, 2.45) is 0 Å². The van der Waals surface area contributed by atoms with Gasteiger partial charge in [0.2, 0.25) is 5.89 Å². The van der Waals surface area contributed by atoms with Crippen molar-refractivity contribution in [1.29, 1.82) is 0 Å². The number of nitrogens with zero attached hydrogens (tertiary/aromatic N) is 3. The van der Waals surface area contributed by atoms with E-state index in [0.717, 1.165) is 12.1 Å². The molecule has 2 aromatic rings. The first-order chi connectivity index (χ1) is 10.1. The highest BCUT2D eigenvalue weighted by Crippen LogP contribution is 2.06. The quantitative estimate of drug-likeness (QED) is 0.711. The van der Waals surface area contributed by atoms with Crippen LogP contribution in [0.4, 0.5) is 0 Å². The summed E-state index contributed by atoms with van der Waals surface area (Å²) in [5.41, 5.74) is 0.932. The van der Waals surface area contributed by atoms with E-state index in [1.807, 2.05) is 6.92 Å². The van der Waals surface area contributed by atoms with Crippen LogP contribution in [-0.4, -0.2) is 36.6 Å². The van der Waals surface area contributed by atoms with Crippen LogP contribution in [0.5, 0.6) is 0 Å². The molecular weight excluding hydrogens is 294 g/mol. The van der Waals surface area contributed by atoms with Gasteiger partial charge in [0.15, 0.2) is 11.4 Å². The summed E-state index contributed by atoms with van der Waals surface area (Å²) in [6.45, 7) is 3.68. The molecule has 2 N–H and O–H groups in total. The van der Waals surface area contributed by atoms with Crippen LogP contribution < -0.4 is 10.0 Å². The lowest BCUT2D eigenvalue weighted by Crippen LogP contribution is -2.27. The van der Waals surface area contributed by atoms with E-state index in [4.69, 9.17) is 4.52 Å². The minimum Gasteiger partial charge on any atom is -0.340 e. The Labute approximate surface area is 123 Å². The van der Waals surface area contributed by atoms with Crippen molar-refractivity contribution in [3.8, 4) is 0 Å². The first-order valence-corrected chi connectivity index (χ1v) is 8.01. The molecule has 0 aromatic carbocycles. The zero-order valence-corrected chi connectivity index (χ0v) is 12.4. The van der Waals surface area contributed by atoms with Crippen molar-refractivity contribution in [1.82, 2.24) is 25.2 Å². The first kappa shape index (κ1) is 15.5. The summed E-state index contributed by atoms with van der Waals surface area (Å²) in [5, 5.41) is 6.59. The summed E-state index contributed by atoms with van der Waals surface area (Å²) < 4.78 is 31.3. The maximum atomic E-state index is 12.0. The molecule has 0 aliphatic heterocycles. The predicted molar refractivity (Wildman–Crippen MR) is 74.8 cm³/mol. The van der Waals surface area contributed by atoms with Crippen molar-refractivity contribution < 1.29 is 12.9 Å². The van der Waals surface area contributed by atoms with E-state index in [-0.39, 0.29) is 11.6 Å². The van der Waals surface area contributed by atoms with Gasteiger partial charge in [0.05, 0.1) is 0 Å². The first-order valence-electron chi connectivity index (χ1n) is 6.52. The van der Waals surface area contributed by atoms with E-state index < -0.39 is 10.0 Å². The van der Waals surface area contributed by atoms with Gasteiger partial charge in [-0.05, 0) is 18.2 Å². The van der Waals surface area contributed by atoms with Gasteiger partial charge in [-0.1, -0.05) is 18.1 Å². The van der Waals surface area contributed by atoms with Gasteiger partial charge >= 0.3 is 0 Å². The van der Waals surface area contributed by atoms with Crippen LogP contribution in [0.15, 0.2) is 34.2 Å². The lowest BCUT2D eigenvalue weighted by atomic mass is 10.3. The van der Waals surface area contributed by atoms with Crippen LogP contribution in [0, 0.1) is 0 Å². The smallest absolute Gasteiger partial charge is 0.258 e. The van der Waals surface area contributed by atoms with E-state index in [9.17, 15) is 8.42 Å². The molecule has 21 heavy (non-hydrogen) atoms. The second-order valence-corrected chi connectivity index (χ2v) is 5.98. The molecule has 0 bridgehead atoms. The molecule has 9 heteroatoms. The molecule has 0 aliphatic carbocycles. The Hall–Kier alpha value is -1.84. The molecule has 2 heterocycles. The molecule has 0 fully saturated rings. The summed E-state index contributed by atoms with van der Waals surface area (Å²) in [7, 11) is -3.62. The maximum absolute atomic E-state index is 12.0. The van der Waals surface area contributed by atoms with Gasteiger partial charge in [0, 0.05) is 25.7 Å². The molecule has 0 saturated heterocycles. The largest absolute Gasteiger partial charge is 0.340 e. The highest BCUT2D eigenvalue weighted by atomic mass is 32.2. The molecular formula is C12H17N5O3S. The van der Waals surface area contributed by atoms with E-state index in [2.05, 4.69) is 25.2 Å². The fourth-order valence-electron chi connectivity index (χ4n) is 1.62. The van der Waals surface area contributed by atoms with Gasteiger partial charge in [0.1, 0.15) is 0 Å². The van der Waals surface area contributed by atoms with Crippen LogP contribution in [0.3, 0.4) is 0 Å². The highest BCUT2D eigenvalue weighted by Gasteiger charge is 2.15. The fourth-order valence-corrected chi connectivity index (χ4v) is 2.57. The molecule has 2 aromatic heterocycles. The number of hydrogen-bond acceptors (Lipinski definition) is 7. The van der Waals surface area contributed by atoms with Crippen LogP contribution in [0.1, 0.15) is 18.4 Å². The fraction of sp³-hybridized carbons (Fsp3) is 0.417. The van der Waals surface area contributed by atoms with Gasteiger partial charge in [-0.25, -0.2) is 18.1 Å². The van der Waals surface area contributed by atoms with E-state index >= 15 is 0 Å². The molecule has 0 amide bonds. The van der Waals surface area contributed by atoms with Crippen molar-refractivity contribution in [2.75, 3.05) is 13.1 Å². The summed E-state index contributed by atoms with van der Waals surface area (Å²) in [6.07, 6.45) is 3.15. The number of nitrogens with one attached hydrogen (secondary N) is 2. The van der Waals surface area contributed by atoms with Crippen LogP contribution >= 0.6 is 0 Å². The number of pyridine rings is 1. The number of hydrogen-bond donors (Lipinski definition) is 2. The standard InChI is InChI=1S/C12H17N5O3S/c1-2-13-7-10-3-4-12(14-8-10)21(18,19)17-6-5-11-15-9-16-20-11/h3-4,8-9,13,17H,2,5-7H2,1H3. The Bertz CT molecular complexity index is 640. The van der Waals surface area contributed by atoms with Gasteiger partial charge in [0.25, 0.3) is 10.0 Å². The summed E-state index contributed by atoms with van der Waals surface area (Å²) in [6, 6.07) is 3.23. The molecule has 0 saturated carbocycles. The SMILES string of the molecule is CCNCc1ccc(S(=O)(=O)NCCc2ncno2)nc1. The van der Waals surface area contributed by atoms with Crippen LogP contribution in [-0.2, 0) is 23.0 Å². The van der Waals surface area contributed by atoms with E-state index in [1.54, 1.807) is 12.3 Å². The number of rotatable bonds is 8. The minimum absolute atomic E-state index is 0.00622. The summed E-state index contributed by atoms with van der Waals surface area (Å²) in [4.78, 5) is 7.79. The second kappa shape index (κ2) is 7.25. The van der Waals surface area contributed by atoms with Crippen molar-refractivity contribution in [3.63, 3.8) is 0 Å². The predicted octanol–water partition coefficient (Wildman–Crippen LogP) is 0.0951. The minimum atomic E-state index is -3.62. The van der Waals surface area contributed by atoms with E-state index in [1.165, 1.54) is 12.4 Å². The average Bonchev–Trinajstić information content (AvgIpc) is 2.98. The van der Waals surface area contributed by atoms with Crippen molar-refractivity contribution in [2.45, 2.75) is 24.9 Å². The van der Waals surface area contributed by atoms with Gasteiger partial charge in [-0.3, -0.25) is 0 Å². The van der Waals surface area contributed by atoms with Gasteiger partial charge in [-0.15, -0.1) is 0 Å². The normalized spacial score (nSPS) is 11.7. The Kier molecular flexibility index (Phi) is 5.37. The van der Waals surface area contributed by atoms with Crippen molar-refractivity contribution in [3.05, 3.63) is 36.1 Å². The van der Waals surface area contributed by atoms with Crippen LogP contribution in [0.2, 0.25) is 0 Å². The average molecular weight is 311 g/mol. The summed E-state index contributed by atoms with van der Waals surface area (Å²) in [5.74, 6) is 0.381. The Morgan fingerprint density at radius 2 is 2.14 bits per heavy atom. The maximum Gasteiger partial charge on any atom is 0.258 e. The monoisotopic (exact) mass is 311 g/mol. The molecule has 0 aliphatic rings. The Balaban J connectivity index is 1.92. The molecule has 0 radical (unpaired) electrons. The zero-order chi connectivity index (χ0) is 15.1. The number of sulfonamides is 1. The third kappa shape index (κ3) is 4.59. The molecule has 0 spiro atoms. The Morgan fingerprint density at radius 3 is 2.76 bits per heavy atom. The Morgan fingerprint density at radius 1 is 1.29 bits per heavy atom. The summed E-state index contributed by atoms with van der Waals surface area (Å²) >= 11 is 0. The molecule has 0 unspecified atom stereocenters. The molecule has 2 rings (SSSR count). The lowest BCUT2D eigenvalue weighted by Gasteiger charge is -2.06. The highest BCUT2D eigenvalue weighted by molar-refractivity contribution is 7.89. The second-order valence-electron chi connectivity index (χ2n) is 4.27. The third-order valence-corrected chi connectivity index (χ3v) is 4.07. The molecule has 0 atom stereocenters. The lowest BCUT2D eigenvalue weighted by molar-refractivity contribution is 0.377. The number of aromatic nitrogens is 3. The van der Waals surface area contributed by atoms with Crippen molar-refractivity contribution >= 4 is 10.0 Å². The third-order valence-electron chi connectivity index (χ3n) is 2.69. The molecule has 8 nitrogen and oxygen atoms in total. The van der Waals surface area contributed by atoms with Gasteiger partial charge in [-0.2, -0.15) is 4.98 Å². The molecule has 114 valence electrons. The zero-order valence-electron chi connectivity index (χ0n) is 11.6. The topological polar surface area (TPSA) is 110 Å². The van der Waals surface area contributed by atoms with Gasteiger partial charge < -0.3 is 9.84 Å². The van der Waals surface area contributed by atoms with E-state index in [0.29, 0.717) is 18.9 Å². The van der Waals surface area contributed by atoms with Crippen LogP contribution in [0.25, 0.3) is 0 Å².